The molecule has 32 heavy (non-hydrogen) atoms. The molecule has 3 rings (SSSR count). The molecule has 1 heterocycles. The number of hydrogen-bond acceptors (Lipinski definition) is 4. The minimum Gasteiger partial charge on any atom is -1.00 e. The molecule has 0 amide bonds. The largest absolute Gasteiger partial charge is 1.00 e. The summed E-state index contributed by atoms with van der Waals surface area (Å²) in [7, 11) is 0. The third-order valence-electron chi connectivity index (χ3n) is 5.16. The van der Waals surface area contributed by atoms with Crippen LogP contribution in [0.4, 0.5) is 0 Å². The van der Waals surface area contributed by atoms with Gasteiger partial charge in [0.2, 0.25) is 0 Å². The van der Waals surface area contributed by atoms with E-state index in [9.17, 15) is 9.90 Å². The molecule has 166 valence electrons. The van der Waals surface area contributed by atoms with Crippen LogP contribution in [0.15, 0.2) is 65.6 Å². The smallest absolute Gasteiger partial charge is 1.00 e. The molecule has 1 N–H and O–H groups in total. The molecule has 3 aromatic rings. The van der Waals surface area contributed by atoms with Gasteiger partial charge in [-0.05, 0) is 67.6 Å². The average Bonchev–Trinajstić information content (AvgIpc) is 3.15. The van der Waals surface area contributed by atoms with Gasteiger partial charge in [-0.25, -0.2) is 4.79 Å². The Morgan fingerprint density at radius 1 is 1.09 bits per heavy atom. The molecule has 0 saturated carbocycles. The number of carboxylic acids is 1. The van der Waals surface area contributed by atoms with Crippen molar-refractivity contribution in [2.45, 2.75) is 37.8 Å². The van der Waals surface area contributed by atoms with Crippen molar-refractivity contribution in [3.8, 4) is 17.0 Å². The Hall–Kier alpha value is -1.70. The summed E-state index contributed by atoms with van der Waals surface area (Å²) >= 11 is 1.74. The first-order chi connectivity index (χ1) is 15.0. The van der Waals surface area contributed by atoms with Crippen LogP contribution >= 0.6 is 11.8 Å². The van der Waals surface area contributed by atoms with Crippen molar-refractivity contribution < 1.29 is 50.4 Å². The van der Waals surface area contributed by atoms with E-state index >= 15 is 0 Å². The standard InChI is InChI=1S/C25H29NO4S.Na.H/c1-4-29-24(25(27)28)17-19-6-10-21(11-7-19)30-16-15-26-18(2)5-14-23(26)20-8-12-22(31-3)13-9-20;;/h5-14,24H,4,15-17H2,1-3H3,(H,27,28);;/q;+1;-1. The number of aliphatic carboxylic acids is 1. The molecule has 0 aliphatic rings. The van der Waals surface area contributed by atoms with Crippen molar-refractivity contribution in [2.24, 2.45) is 0 Å². The van der Waals surface area contributed by atoms with Gasteiger partial charge in [0.25, 0.3) is 0 Å². The van der Waals surface area contributed by atoms with Crippen molar-refractivity contribution >= 4 is 17.7 Å². The number of rotatable bonds is 11. The zero-order chi connectivity index (χ0) is 22.2. The van der Waals surface area contributed by atoms with E-state index in [2.05, 4.69) is 54.1 Å². The van der Waals surface area contributed by atoms with Gasteiger partial charge in [0.15, 0.2) is 6.10 Å². The van der Waals surface area contributed by atoms with Gasteiger partial charge in [-0.2, -0.15) is 0 Å². The van der Waals surface area contributed by atoms with Gasteiger partial charge in [-0.1, -0.05) is 24.3 Å². The first kappa shape index (κ1) is 26.6. The molecule has 2 aromatic carbocycles. The van der Waals surface area contributed by atoms with Crippen LogP contribution in [-0.2, 0) is 22.5 Å². The zero-order valence-electron chi connectivity index (χ0n) is 20.2. The van der Waals surface area contributed by atoms with Crippen LogP contribution in [0.1, 0.15) is 19.6 Å². The molecule has 0 spiro atoms. The number of nitrogens with zero attached hydrogens (tertiary/aromatic N) is 1. The predicted octanol–water partition coefficient (Wildman–Crippen LogP) is 2.41. The molecule has 0 aliphatic heterocycles. The van der Waals surface area contributed by atoms with Crippen molar-refractivity contribution in [1.29, 1.82) is 0 Å². The molecule has 0 saturated heterocycles. The Kier molecular flexibility index (Phi) is 10.9. The first-order valence-corrected chi connectivity index (χ1v) is 11.6. The van der Waals surface area contributed by atoms with Crippen LogP contribution in [0.3, 0.4) is 0 Å². The summed E-state index contributed by atoms with van der Waals surface area (Å²) in [6, 6.07) is 20.4. The maximum Gasteiger partial charge on any atom is 1.00 e. The van der Waals surface area contributed by atoms with Crippen molar-refractivity contribution in [3.05, 3.63) is 71.9 Å². The minimum absolute atomic E-state index is 0. The van der Waals surface area contributed by atoms with Crippen LogP contribution in [0.25, 0.3) is 11.3 Å². The summed E-state index contributed by atoms with van der Waals surface area (Å²) < 4.78 is 13.5. The molecule has 1 aromatic heterocycles. The molecular weight excluding hydrogens is 433 g/mol. The first-order valence-electron chi connectivity index (χ1n) is 10.4. The monoisotopic (exact) mass is 463 g/mol. The second kappa shape index (κ2) is 13.1. The number of carboxylic acid groups (broad SMARTS) is 1. The van der Waals surface area contributed by atoms with Gasteiger partial charge in [-0.3, -0.25) is 0 Å². The van der Waals surface area contributed by atoms with E-state index in [-0.39, 0.29) is 31.0 Å². The second-order valence-corrected chi connectivity index (χ2v) is 8.10. The third kappa shape index (κ3) is 7.15. The maximum absolute atomic E-state index is 11.3. The number of benzene rings is 2. The predicted molar refractivity (Wildman–Crippen MR) is 126 cm³/mol. The van der Waals surface area contributed by atoms with E-state index in [1.54, 1.807) is 18.7 Å². The van der Waals surface area contributed by atoms with Gasteiger partial charge >= 0.3 is 35.5 Å². The third-order valence-corrected chi connectivity index (χ3v) is 5.90. The number of carbonyl (C=O) groups is 1. The molecule has 0 fully saturated rings. The van der Waals surface area contributed by atoms with Crippen molar-refractivity contribution in [1.82, 2.24) is 4.57 Å². The molecule has 1 atom stereocenters. The Bertz CT molecular complexity index is 993. The van der Waals surface area contributed by atoms with Crippen LogP contribution in [0, 0.1) is 6.92 Å². The second-order valence-electron chi connectivity index (χ2n) is 7.22. The number of hydrogen-bond donors (Lipinski definition) is 1. The van der Waals surface area contributed by atoms with E-state index in [0.29, 0.717) is 19.6 Å². The SMILES string of the molecule is CCOC(Cc1ccc(OCCn2c(C)ccc2-c2ccc(SC)cc2)cc1)C(=O)O.[H-].[Na+]. The summed E-state index contributed by atoms with van der Waals surface area (Å²) in [5.74, 6) is -0.175. The summed E-state index contributed by atoms with van der Waals surface area (Å²) in [6.07, 6.45) is 1.59. The van der Waals surface area contributed by atoms with Crippen LogP contribution < -0.4 is 34.3 Å². The van der Waals surface area contributed by atoms with E-state index in [1.165, 1.54) is 21.8 Å². The fourth-order valence-electron chi connectivity index (χ4n) is 3.49. The van der Waals surface area contributed by atoms with Crippen LogP contribution in [0.2, 0.25) is 0 Å². The maximum atomic E-state index is 11.3. The molecule has 1 unspecified atom stereocenters. The van der Waals surface area contributed by atoms with Gasteiger partial charge < -0.3 is 20.6 Å². The minimum atomic E-state index is -0.942. The topological polar surface area (TPSA) is 60.7 Å². The van der Waals surface area contributed by atoms with Crippen molar-refractivity contribution in [3.63, 3.8) is 0 Å². The number of aromatic nitrogens is 1. The van der Waals surface area contributed by atoms with Gasteiger partial charge in [0, 0.05) is 29.3 Å². The molecular formula is C25H30NNaO4S. The van der Waals surface area contributed by atoms with Crippen LogP contribution in [-0.4, -0.2) is 41.2 Å². The number of ether oxygens (including phenoxy) is 2. The number of aryl methyl sites for hydroxylation is 1. The zero-order valence-corrected chi connectivity index (χ0v) is 22.0. The Morgan fingerprint density at radius 2 is 1.78 bits per heavy atom. The van der Waals surface area contributed by atoms with Crippen LogP contribution in [0.5, 0.6) is 5.75 Å². The van der Waals surface area contributed by atoms with E-state index in [0.717, 1.165) is 17.9 Å². The van der Waals surface area contributed by atoms with Gasteiger partial charge in [-0.15, -0.1) is 11.8 Å². The molecule has 0 aliphatic carbocycles. The molecule has 5 nitrogen and oxygen atoms in total. The van der Waals surface area contributed by atoms with Gasteiger partial charge in [0.05, 0.1) is 6.54 Å². The Morgan fingerprint density at radius 3 is 2.38 bits per heavy atom. The van der Waals surface area contributed by atoms with Crippen molar-refractivity contribution in [2.75, 3.05) is 19.5 Å². The summed E-state index contributed by atoms with van der Waals surface area (Å²) in [5.41, 5.74) is 4.47. The fourth-order valence-corrected chi connectivity index (χ4v) is 3.90. The van der Waals surface area contributed by atoms with E-state index in [4.69, 9.17) is 9.47 Å². The Balaban J connectivity index is 0.00000272. The molecule has 0 radical (unpaired) electrons. The fraction of sp³-hybridized carbons (Fsp3) is 0.320. The van der Waals surface area contributed by atoms with E-state index in [1.807, 2.05) is 24.3 Å². The number of thioether (sulfide) groups is 1. The normalized spacial score (nSPS) is 11.6. The average molecular weight is 464 g/mol. The Labute approximate surface area is 217 Å². The van der Waals surface area contributed by atoms with E-state index < -0.39 is 12.1 Å². The summed E-state index contributed by atoms with van der Waals surface area (Å²) in [5, 5.41) is 9.23. The summed E-state index contributed by atoms with van der Waals surface area (Å²) in [6.45, 7) is 5.56. The van der Waals surface area contributed by atoms with Gasteiger partial charge in [0.1, 0.15) is 12.4 Å². The molecule has 7 heteroatoms. The molecule has 0 bridgehead atoms. The summed E-state index contributed by atoms with van der Waals surface area (Å²) in [4.78, 5) is 12.5. The quantitative estimate of drug-likeness (QED) is 0.350.